The maximum absolute atomic E-state index is 5.82. The van der Waals surface area contributed by atoms with Crippen LogP contribution in [-0.2, 0) is 11.4 Å². The molecule has 2 heterocycles. The summed E-state index contributed by atoms with van der Waals surface area (Å²) in [5.74, 6) is 0.525. The van der Waals surface area contributed by atoms with Crippen LogP contribution in [0.5, 0.6) is 0 Å². The summed E-state index contributed by atoms with van der Waals surface area (Å²) in [5.41, 5.74) is 6.08. The molecule has 0 aliphatic heterocycles. The molecule has 0 aliphatic rings. The first kappa shape index (κ1) is 12.8. The van der Waals surface area contributed by atoms with Crippen molar-refractivity contribution in [3.05, 3.63) is 66.5 Å². The Hall–Kier alpha value is -2.92. The van der Waals surface area contributed by atoms with Crippen LogP contribution in [0.2, 0.25) is 0 Å². The standard InChI is InChI=1S/C17H13N3O2/c1-2-6-12(7-3-1)10-21-20-17-16-15(18-11-19-17)13-8-4-5-9-14(13)22-16/h1-9,11H,10H2,(H,18,19,20). The molecule has 2 aromatic heterocycles. The Kier molecular flexibility index (Phi) is 3.18. The Morgan fingerprint density at radius 1 is 0.955 bits per heavy atom. The average Bonchev–Trinajstić information content (AvgIpc) is 2.96. The Morgan fingerprint density at radius 3 is 2.68 bits per heavy atom. The molecule has 0 fully saturated rings. The monoisotopic (exact) mass is 291 g/mol. The zero-order valence-corrected chi connectivity index (χ0v) is 11.7. The summed E-state index contributed by atoms with van der Waals surface area (Å²) in [7, 11) is 0. The number of nitrogens with zero attached hydrogens (tertiary/aromatic N) is 2. The zero-order valence-electron chi connectivity index (χ0n) is 11.7. The first-order valence-electron chi connectivity index (χ1n) is 6.96. The van der Waals surface area contributed by atoms with Gasteiger partial charge in [-0.1, -0.05) is 42.5 Å². The third-order valence-electron chi connectivity index (χ3n) is 3.41. The van der Waals surface area contributed by atoms with Crippen molar-refractivity contribution in [3.63, 3.8) is 0 Å². The van der Waals surface area contributed by atoms with Crippen LogP contribution in [0, 0.1) is 0 Å². The van der Waals surface area contributed by atoms with E-state index in [2.05, 4.69) is 15.4 Å². The van der Waals surface area contributed by atoms with Gasteiger partial charge in [0, 0.05) is 5.39 Å². The molecule has 5 heteroatoms. The summed E-state index contributed by atoms with van der Waals surface area (Å²) in [6.07, 6.45) is 1.50. The van der Waals surface area contributed by atoms with Crippen LogP contribution in [0.4, 0.5) is 5.82 Å². The van der Waals surface area contributed by atoms with Gasteiger partial charge in [0.25, 0.3) is 0 Å². The van der Waals surface area contributed by atoms with Gasteiger partial charge >= 0.3 is 0 Å². The Labute approximate surface area is 126 Å². The second kappa shape index (κ2) is 5.46. The van der Waals surface area contributed by atoms with Gasteiger partial charge in [0.05, 0.1) is 6.61 Å². The smallest absolute Gasteiger partial charge is 0.198 e. The van der Waals surface area contributed by atoms with Crippen molar-refractivity contribution in [1.82, 2.24) is 9.97 Å². The van der Waals surface area contributed by atoms with Gasteiger partial charge in [-0.25, -0.2) is 15.4 Å². The fraction of sp³-hybridized carbons (Fsp3) is 0.0588. The topological polar surface area (TPSA) is 60.2 Å². The van der Waals surface area contributed by atoms with E-state index in [0.717, 1.165) is 22.0 Å². The van der Waals surface area contributed by atoms with E-state index >= 15 is 0 Å². The number of para-hydroxylation sites is 1. The van der Waals surface area contributed by atoms with Crippen molar-refractivity contribution in [1.29, 1.82) is 0 Å². The highest BCUT2D eigenvalue weighted by atomic mass is 16.6. The van der Waals surface area contributed by atoms with Crippen molar-refractivity contribution in [2.75, 3.05) is 5.48 Å². The van der Waals surface area contributed by atoms with Crippen LogP contribution in [0.25, 0.3) is 22.1 Å². The van der Waals surface area contributed by atoms with Gasteiger partial charge in [0.1, 0.15) is 17.4 Å². The molecule has 5 nitrogen and oxygen atoms in total. The van der Waals surface area contributed by atoms with Crippen LogP contribution >= 0.6 is 0 Å². The maximum atomic E-state index is 5.82. The second-order valence-corrected chi connectivity index (χ2v) is 4.87. The fourth-order valence-electron chi connectivity index (χ4n) is 2.36. The molecule has 0 bridgehead atoms. The number of nitrogens with one attached hydrogen (secondary N) is 1. The molecule has 0 radical (unpaired) electrons. The third-order valence-corrected chi connectivity index (χ3v) is 3.41. The molecule has 2 aromatic carbocycles. The van der Waals surface area contributed by atoms with Gasteiger partial charge in [-0.2, -0.15) is 0 Å². The third kappa shape index (κ3) is 2.27. The van der Waals surface area contributed by atoms with Gasteiger partial charge in [0.2, 0.25) is 0 Å². The SMILES string of the molecule is c1ccc(CONc2ncnc3c2oc2ccccc23)cc1. The predicted octanol–water partition coefficient (Wildman–Crippen LogP) is 3.92. The minimum absolute atomic E-state index is 0.437. The fourth-order valence-corrected chi connectivity index (χ4v) is 2.36. The van der Waals surface area contributed by atoms with Crippen LogP contribution in [0.15, 0.2) is 65.3 Å². The Morgan fingerprint density at radius 2 is 1.77 bits per heavy atom. The van der Waals surface area contributed by atoms with E-state index in [1.54, 1.807) is 0 Å². The van der Waals surface area contributed by atoms with E-state index in [1.165, 1.54) is 6.33 Å². The molecule has 0 saturated carbocycles. The van der Waals surface area contributed by atoms with Crippen LogP contribution in [0.3, 0.4) is 0 Å². The number of anilines is 1. The summed E-state index contributed by atoms with van der Waals surface area (Å²) in [6, 6.07) is 17.7. The van der Waals surface area contributed by atoms with Crippen LogP contribution < -0.4 is 5.48 Å². The molecule has 0 saturated heterocycles. The first-order valence-corrected chi connectivity index (χ1v) is 6.96. The van der Waals surface area contributed by atoms with Gasteiger partial charge in [-0.15, -0.1) is 0 Å². The number of rotatable bonds is 4. The lowest BCUT2D eigenvalue weighted by molar-refractivity contribution is 0.179. The average molecular weight is 291 g/mol. The molecule has 0 unspecified atom stereocenters. The van der Waals surface area contributed by atoms with E-state index in [0.29, 0.717) is 18.0 Å². The Bertz CT molecular complexity index is 919. The number of furan rings is 1. The number of hydrogen-bond acceptors (Lipinski definition) is 5. The van der Waals surface area contributed by atoms with Crippen molar-refractivity contribution >= 4 is 27.9 Å². The lowest BCUT2D eigenvalue weighted by atomic mass is 10.2. The predicted molar refractivity (Wildman–Crippen MR) is 84.2 cm³/mol. The molecule has 22 heavy (non-hydrogen) atoms. The van der Waals surface area contributed by atoms with Gasteiger partial charge < -0.3 is 4.42 Å². The lowest BCUT2D eigenvalue weighted by Gasteiger charge is -2.06. The van der Waals surface area contributed by atoms with Crippen molar-refractivity contribution < 1.29 is 9.25 Å². The summed E-state index contributed by atoms with van der Waals surface area (Å²) in [5, 5.41) is 0.964. The summed E-state index contributed by atoms with van der Waals surface area (Å²) < 4.78 is 5.82. The number of benzene rings is 2. The highest BCUT2D eigenvalue weighted by molar-refractivity contribution is 6.05. The van der Waals surface area contributed by atoms with Gasteiger partial charge in [-0.3, -0.25) is 4.84 Å². The molecule has 1 N–H and O–H groups in total. The lowest BCUT2D eigenvalue weighted by Crippen LogP contribution is -2.03. The highest BCUT2D eigenvalue weighted by Gasteiger charge is 2.12. The largest absolute Gasteiger partial charge is 0.450 e. The molecule has 4 rings (SSSR count). The summed E-state index contributed by atoms with van der Waals surface area (Å²) >= 11 is 0. The van der Waals surface area contributed by atoms with Crippen molar-refractivity contribution in [3.8, 4) is 0 Å². The highest BCUT2D eigenvalue weighted by Crippen LogP contribution is 2.30. The first-order chi connectivity index (χ1) is 10.9. The van der Waals surface area contributed by atoms with E-state index < -0.39 is 0 Å². The molecule has 0 amide bonds. The molecular weight excluding hydrogens is 278 g/mol. The van der Waals surface area contributed by atoms with Crippen LogP contribution in [0.1, 0.15) is 5.56 Å². The molecule has 0 atom stereocenters. The molecule has 0 aliphatic carbocycles. The van der Waals surface area contributed by atoms with Gasteiger partial charge in [-0.05, 0) is 17.7 Å². The Balaban J connectivity index is 1.61. The van der Waals surface area contributed by atoms with E-state index in [4.69, 9.17) is 9.25 Å². The summed E-state index contributed by atoms with van der Waals surface area (Å²) in [4.78, 5) is 14.0. The van der Waals surface area contributed by atoms with Crippen molar-refractivity contribution in [2.24, 2.45) is 0 Å². The van der Waals surface area contributed by atoms with E-state index in [1.807, 2.05) is 54.6 Å². The maximum Gasteiger partial charge on any atom is 0.198 e. The molecule has 0 spiro atoms. The molecular formula is C17H13N3O2. The number of aromatic nitrogens is 2. The minimum Gasteiger partial charge on any atom is -0.450 e. The van der Waals surface area contributed by atoms with Crippen LogP contribution in [-0.4, -0.2) is 9.97 Å². The second-order valence-electron chi connectivity index (χ2n) is 4.87. The normalized spacial score (nSPS) is 11.1. The summed E-state index contributed by atoms with van der Waals surface area (Å²) in [6.45, 7) is 0.437. The van der Waals surface area contributed by atoms with E-state index in [9.17, 15) is 0 Å². The quantitative estimate of drug-likeness (QED) is 0.577. The zero-order chi connectivity index (χ0) is 14.8. The molecule has 4 aromatic rings. The number of hydrogen-bond donors (Lipinski definition) is 1. The van der Waals surface area contributed by atoms with Crippen molar-refractivity contribution in [2.45, 2.75) is 6.61 Å². The molecule has 108 valence electrons. The van der Waals surface area contributed by atoms with Gasteiger partial charge in [0.15, 0.2) is 11.4 Å². The minimum atomic E-state index is 0.437. The number of fused-ring (bicyclic) bond motifs is 3. The van der Waals surface area contributed by atoms with E-state index in [-0.39, 0.29) is 0 Å².